The van der Waals surface area contributed by atoms with E-state index in [0.717, 1.165) is 38.8 Å². The van der Waals surface area contributed by atoms with E-state index in [1.54, 1.807) is 18.2 Å². The summed E-state index contributed by atoms with van der Waals surface area (Å²) in [5.41, 5.74) is 0. The predicted octanol–water partition coefficient (Wildman–Crippen LogP) is 2.09. The standard InChI is InChI=1S/C20H26ClN3O4S2/c1-23-12-14-24(15-13-23)11-5-10-22-30(27,28)20-16-18(8-9-19(20)21)29(25,26)17-6-3-2-4-7-17/h2-4,6-9,16,22H,5,10-15H2,1H3. The summed E-state index contributed by atoms with van der Waals surface area (Å²) in [6.45, 7) is 4.99. The number of sulfonamides is 1. The van der Waals surface area contributed by atoms with E-state index >= 15 is 0 Å². The lowest BCUT2D eigenvalue weighted by Gasteiger charge is -2.32. The van der Waals surface area contributed by atoms with Crippen LogP contribution in [-0.4, -0.2) is 73.0 Å². The van der Waals surface area contributed by atoms with Crippen molar-refractivity contribution in [2.45, 2.75) is 21.1 Å². The van der Waals surface area contributed by atoms with E-state index < -0.39 is 19.9 Å². The predicted molar refractivity (Wildman–Crippen MR) is 117 cm³/mol. The first kappa shape index (κ1) is 23.2. The van der Waals surface area contributed by atoms with Gasteiger partial charge in [0.1, 0.15) is 4.90 Å². The molecule has 1 saturated heterocycles. The van der Waals surface area contributed by atoms with Crippen molar-refractivity contribution in [1.29, 1.82) is 0 Å². The minimum absolute atomic E-state index is 0.0198. The number of hydrogen-bond acceptors (Lipinski definition) is 6. The molecule has 0 aromatic heterocycles. The van der Waals surface area contributed by atoms with Crippen LogP contribution in [0, 0.1) is 0 Å². The Labute approximate surface area is 183 Å². The van der Waals surface area contributed by atoms with Crippen LogP contribution in [0.15, 0.2) is 63.2 Å². The van der Waals surface area contributed by atoms with Gasteiger partial charge < -0.3 is 9.80 Å². The third-order valence-corrected chi connectivity index (χ3v) is 8.80. The smallest absolute Gasteiger partial charge is 0.242 e. The van der Waals surface area contributed by atoms with Crippen molar-refractivity contribution < 1.29 is 16.8 Å². The number of benzene rings is 2. The average molecular weight is 472 g/mol. The highest BCUT2D eigenvalue weighted by molar-refractivity contribution is 7.91. The Kier molecular flexibility index (Phi) is 7.54. The zero-order chi connectivity index (χ0) is 21.8. The largest absolute Gasteiger partial charge is 0.304 e. The summed E-state index contributed by atoms with van der Waals surface area (Å²) >= 11 is 6.10. The Bertz CT molecular complexity index is 1070. The molecule has 0 bridgehead atoms. The van der Waals surface area contributed by atoms with E-state index in [1.807, 2.05) is 0 Å². The number of halogens is 1. The van der Waals surface area contributed by atoms with E-state index in [0.29, 0.717) is 6.42 Å². The minimum atomic E-state index is -3.94. The fourth-order valence-corrected chi connectivity index (χ4v) is 6.23. The lowest BCUT2D eigenvalue weighted by molar-refractivity contribution is 0.153. The topological polar surface area (TPSA) is 86.8 Å². The highest BCUT2D eigenvalue weighted by atomic mass is 35.5. The zero-order valence-electron chi connectivity index (χ0n) is 16.8. The number of hydrogen-bond donors (Lipinski definition) is 1. The molecule has 0 atom stereocenters. The van der Waals surface area contributed by atoms with Crippen LogP contribution in [0.4, 0.5) is 0 Å². The molecular weight excluding hydrogens is 446 g/mol. The van der Waals surface area contributed by atoms with E-state index in [-0.39, 0.29) is 26.3 Å². The minimum Gasteiger partial charge on any atom is -0.304 e. The third kappa shape index (κ3) is 5.60. The van der Waals surface area contributed by atoms with E-state index in [2.05, 4.69) is 21.6 Å². The number of nitrogens with zero attached hydrogens (tertiary/aromatic N) is 2. The summed E-state index contributed by atoms with van der Waals surface area (Å²) in [7, 11) is -5.70. The lowest BCUT2D eigenvalue weighted by atomic mass is 10.3. The number of likely N-dealkylation sites (N-methyl/N-ethyl adjacent to an activating group) is 1. The molecule has 2 aromatic carbocycles. The van der Waals surface area contributed by atoms with Crippen LogP contribution in [0.3, 0.4) is 0 Å². The number of nitrogens with one attached hydrogen (secondary N) is 1. The number of sulfone groups is 1. The highest BCUT2D eigenvalue weighted by Gasteiger charge is 2.24. The molecule has 0 saturated carbocycles. The van der Waals surface area contributed by atoms with Crippen LogP contribution < -0.4 is 4.72 Å². The second-order valence-corrected chi connectivity index (χ2v) is 11.4. The van der Waals surface area contributed by atoms with Gasteiger partial charge in [-0.15, -0.1) is 0 Å². The second-order valence-electron chi connectivity index (χ2n) is 7.30. The fraction of sp³-hybridized carbons (Fsp3) is 0.400. The van der Waals surface area contributed by atoms with Crippen LogP contribution in [0.2, 0.25) is 5.02 Å². The van der Waals surface area contributed by atoms with Gasteiger partial charge in [-0.25, -0.2) is 21.6 Å². The van der Waals surface area contributed by atoms with Crippen LogP contribution >= 0.6 is 11.6 Å². The van der Waals surface area contributed by atoms with Gasteiger partial charge >= 0.3 is 0 Å². The molecule has 3 rings (SSSR count). The second kappa shape index (κ2) is 9.76. The van der Waals surface area contributed by atoms with Gasteiger partial charge in [-0.2, -0.15) is 0 Å². The van der Waals surface area contributed by atoms with Crippen LogP contribution in [0.1, 0.15) is 6.42 Å². The molecular formula is C20H26ClN3O4S2. The maximum atomic E-state index is 12.8. The molecule has 0 amide bonds. The van der Waals surface area contributed by atoms with Gasteiger partial charge in [-0.3, -0.25) is 0 Å². The first-order valence-electron chi connectivity index (χ1n) is 9.70. The third-order valence-electron chi connectivity index (χ3n) is 5.10. The maximum Gasteiger partial charge on any atom is 0.242 e. The molecule has 1 heterocycles. The summed E-state index contributed by atoms with van der Waals surface area (Å²) < 4.78 is 53.7. The first-order chi connectivity index (χ1) is 14.2. The molecule has 1 aliphatic rings. The van der Waals surface area contributed by atoms with Crippen molar-refractivity contribution in [3.8, 4) is 0 Å². The summed E-state index contributed by atoms with van der Waals surface area (Å²) in [6.07, 6.45) is 0.655. The molecule has 164 valence electrons. The Hall–Kier alpha value is -1.49. The van der Waals surface area contributed by atoms with Gasteiger partial charge in [0, 0.05) is 32.7 Å². The monoisotopic (exact) mass is 471 g/mol. The van der Waals surface area contributed by atoms with Gasteiger partial charge in [0.05, 0.1) is 14.8 Å². The van der Waals surface area contributed by atoms with Gasteiger partial charge in [-0.05, 0) is 50.3 Å². The van der Waals surface area contributed by atoms with Crippen molar-refractivity contribution in [3.63, 3.8) is 0 Å². The molecule has 1 fully saturated rings. The van der Waals surface area contributed by atoms with Crippen LogP contribution in [0.5, 0.6) is 0 Å². The number of piperazine rings is 1. The van der Waals surface area contributed by atoms with E-state index in [1.165, 1.54) is 24.3 Å². The zero-order valence-corrected chi connectivity index (χ0v) is 19.2. The van der Waals surface area contributed by atoms with Crippen LogP contribution in [0.25, 0.3) is 0 Å². The van der Waals surface area contributed by atoms with Gasteiger partial charge in [-0.1, -0.05) is 29.8 Å². The van der Waals surface area contributed by atoms with Crippen molar-refractivity contribution in [2.24, 2.45) is 0 Å². The molecule has 10 heteroatoms. The molecule has 1 aliphatic heterocycles. The maximum absolute atomic E-state index is 12.8. The molecule has 2 aromatic rings. The van der Waals surface area contributed by atoms with Crippen molar-refractivity contribution in [1.82, 2.24) is 14.5 Å². The Balaban J connectivity index is 1.69. The Morgan fingerprint density at radius 3 is 2.27 bits per heavy atom. The molecule has 1 N–H and O–H groups in total. The van der Waals surface area contributed by atoms with Crippen LogP contribution in [-0.2, 0) is 19.9 Å². The molecule has 0 aliphatic carbocycles. The average Bonchev–Trinajstić information content (AvgIpc) is 2.73. The summed E-state index contributed by atoms with van der Waals surface area (Å²) in [6, 6.07) is 11.6. The summed E-state index contributed by atoms with van der Waals surface area (Å²) in [5.74, 6) is 0. The molecule has 7 nitrogen and oxygen atoms in total. The molecule has 0 radical (unpaired) electrons. The lowest BCUT2D eigenvalue weighted by Crippen LogP contribution is -2.45. The van der Waals surface area contributed by atoms with E-state index in [9.17, 15) is 16.8 Å². The van der Waals surface area contributed by atoms with Crippen molar-refractivity contribution in [2.75, 3.05) is 46.3 Å². The molecule has 0 unspecified atom stereocenters. The fourth-order valence-electron chi connectivity index (χ4n) is 3.25. The Morgan fingerprint density at radius 2 is 1.60 bits per heavy atom. The van der Waals surface area contributed by atoms with E-state index in [4.69, 9.17) is 11.6 Å². The molecule has 0 spiro atoms. The normalized spacial score (nSPS) is 16.6. The summed E-state index contributed by atoms with van der Waals surface area (Å²) in [4.78, 5) is 4.30. The quantitative estimate of drug-likeness (QED) is 0.593. The van der Waals surface area contributed by atoms with Gasteiger partial charge in [0.25, 0.3) is 0 Å². The SMILES string of the molecule is CN1CCN(CCCNS(=O)(=O)c2cc(S(=O)(=O)c3ccccc3)ccc2Cl)CC1. The first-order valence-corrected chi connectivity index (χ1v) is 13.0. The van der Waals surface area contributed by atoms with Gasteiger partial charge in [0.2, 0.25) is 19.9 Å². The molecule has 30 heavy (non-hydrogen) atoms. The number of rotatable bonds is 8. The highest BCUT2D eigenvalue weighted by Crippen LogP contribution is 2.28. The van der Waals surface area contributed by atoms with Crippen molar-refractivity contribution >= 4 is 31.5 Å². The van der Waals surface area contributed by atoms with Gasteiger partial charge in [0.15, 0.2) is 0 Å². The van der Waals surface area contributed by atoms with Crippen molar-refractivity contribution in [3.05, 3.63) is 53.6 Å². The summed E-state index contributed by atoms with van der Waals surface area (Å²) in [5, 5.41) is -0.0198. The Morgan fingerprint density at radius 1 is 0.933 bits per heavy atom.